The summed E-state index contributed by atoms with van der Waals surface area (Å²) in [6.07, 6.45) is 0. The molecule has 0 spiro atoms. The fourth-order valence-electron chi connectivity index (χ4n) is 0.789. The van der Waals surface area contributed by atoms with Gasteiger partial charge in [0.25, 0.3) is 0 Å². The van der Waals surface area contributed by atoms with Crippen LogP contribution < -0.4 is 4.18 Å². The Morgan fingerprint density at radius 3 is 2.46 bits per heavy atom. The maximum absolute atomic E-state index is 10.2. The van der Waals surface area contributed by atoms with E-state index in [4.69, 9.17) is 4.55 Å². The van der Waals surface area contributed by atoms with E-state index >= 15 is 0 Å². The molecular formula is C7H9LiO4S. The number of hydrogen-bond acceptors (Lipinski definition) is 3. The minimum atomic E-state index is -4.39. The summed E-state index contributed by atoms with van der Waals surface area (Å²) >= 11 is 0. The molecule has 4 nitrogen and oxygen atoms in total. The molecule has 0 radical (unpaired) electrons. The first-order valence-electron chi connectivity index (χ1n) is 3.21. The number of rotatable bonds is 2. The third-order valence-corrected chi connectivity index (χ3v) is 1.59. The molecule has 0 unspecified atom stereocenters. The van der Waals surface area contributed by atoms with E-state index in [0.717, 1.165) is 5.56 Å². The van der Waals surface area contributed by atoms with Gasteiger partial charge in [-0.25, -0.2) is 0 Å². The van der Waals surface area contributed by atoms with Gasteiger partial charge in [-0.05, 0) is 24.6 Å². The van der Waals surface area contributed by atoms with Crippen molar-refractivity contribution >= 4 is 29.3 Å². The van der Waals surface area contributed by atoms with E-state index in [1.54, 1.807) is 19.1 Å². The summed E-state index contributed by atoms with van der Waals surface area (Å²) < 4.78 is 33.0. The molecular weight excluding hydrogens is 187 g/mol. The van der Waals surface area contributed by atoms with Crippen molar-refractivity contribution in [3.63, 3.8) is 0 Å². The van der Waals surface area contributed by atoms with Crippen LogP contribution in [0.2, 0.25) is 0 Å². The molecule has 0 saturated heterocycles. The van der Waals surface area contributed by atoms with E-state index in [0.29, 0.717) is 0 Å². The van der Waals surface area contributed by atoms with Crippen molar-refractivity contribution in [3.05, 3.63) is 29.8 Å². The van der Waals surface area contributed by atoms with Crippen LogP contribution in [0, 0.1) is 6.92 Å². The zero-order valence-electron chi connectivity index (χ0n) is 6.39. The predicted octanol–water partition coefficient (Wildman–Crippen LogP) is 0.528. The summed E-state index contributed by atoms with van der Waals surface area (Å²) in [5.41, 5.74) is 0.858. The second-order valence-corrected chi connectivity index (χ2v) is 3.35. The molecule has 0 aliphatic carbocycles. The Morgan fingerprint density at radius 2 is 2.00 bits per heavy atom. The van der Waals surface area contributed by atoms with Gasteiger partial charge in [0.15, 0.2) is 0 Å². The fraction of sp³-hybridized carbons (Fsp3) is 0.143. The molecule has 68 valence electrons. The van der Waals surface area contributed by atoms with Crippen LogP contribution in [0.4, 0.5) is 0 Å². The molecule has 0 bridgehead atoms. The van der Waals surface area contributed by atoms with Gasteiger partial charge >= 0.3 is 29.3 Å². The monoisotopic (exact) mass is 196 g/mol. The Balaban J connectivity index is 0.00000144. The average molecular weight is 196 g/mol. The Hall–Kier alpha value is -0.473. The molecule has 0 aromatic heterocycles. The molecule has 0 heterocycles. The normalized spacial score (nSPS) is 10.3. The second-order valence-electron chi connectivity index (χ2n) is 2.33. The first kappa shape index (κ1) is 12.5. The van der Waals surface area contributed by atoms with Gasteiger partial charge in [-0.2, -0.15) is 8.42 Å². The van der Waals surface area contributed by atoms with Crippen LogP contribution in [0.3, 0.4) is 0 Å². The molecule has 0 saturated carbocycles. The Bertz CT molecular complexity index is 374. The van der Waals surface area contributed by atoms with Crippen LogP contribution in [0.15, 0.2) is 24.3 Å². The van der Waals surface area contributed by atoms with Crippen molar-refractivity contribution < 1.29 is 17.2 Å². The third kappa shape index (κ3) is 4.96. The third-order valence-electron chi connectivity index (χ3n) is 1.19. The predicted molar refractivity (Wildman–Crippen MR) is 50.5 cm³/mol. The van der Waals surface area contributed by atoms with Crippen molar-refractivity contribution in [2.75, 3.05) is 0 Å². The van der Waals surface area contributed by atoms with Crippen LogP contribution in [0.25, 0.3) is 0 Å². The van der Waals surface area contributed by atoms with Crippen LogP contribution in [-0.4, -0.2) is 31.8 Å². The summed E-state index contributed by atoms with van der Waals surface area (Å²) in [5, 5.41) is 0. The standard InChI is InChI=1S/C7H8O4S.Li.H/c1-6-3-2-4-7(5-6)11-12(8,9)10;;/h2-5H,1H3,(H,8,9,10);;. The fourth-order valence-corrected chi connectivity index (χ4v) is 1.14. The van der Waals surface area contributed by atoms with Crippen molar-refractivity contribution in [1.82, 2.24) is 0 Å². The molecule has 1 aromatic carbocycles. The summed E-state index contributed by atoms with van der Waals surface area (Å²) in [6, 6.07) is 6.38. The molecule has 1 rings (SSSR count). The first-order valence-corrected chi connectivity index (χ1v) is 4.57. The van der Waals surface area contributed by atoms with Gasteiger partial charge in [0, 0.05) is 0 Å². The summed E-state index contributed by atoms with van der Waals surface area (Å²) in [6.45, 7) is 1.79. The van der Waals surface area contributed by atoms with Crippen molar-refractivity contribution in [2.24, 2.45) is 0 Å². The van der Waals surface area contributed by atoms with E-state index in [1.807, 2.05) is 0 Å². The van der Waals surface area contributed by atoms with Gasteiger partial charge in [0.05, 0.1) is 0 Å². The zero-order valence-corrected chi connectivity index (χ0v) is 7.21. The topological polar surface area (TPSA) is 63.6 Å². The summed E-state index contributed by atoms with van der Waals surface area (Å²) in [4.78, 5) is 0. The summed E-state index contributed by atoms with van der Waals surface area (Å²) in [5.74, 6) is 0.109. The first-order chi connectivity index (χ1) is 5.47. The van der Waals surface area contributed by atoms with Crippen molar-refractivity contribution in [2.45, 2.75) is 6.92 Å². The minimum absolute atomic E-state index is 0. The van der Waals surface area contributed by atoms with Crippen LogP contribution in [-0.2, 0) is 10.4 Å². The Morgan fingerprint density at radius 1 is 1.38 bits per heavy atom. The van der Waals surface area contributed by atoms with E-state index in [9.17, 15) is 8.42 Å². The van der Waals surface area contributed by atoms with Gasteiger partial charge < -0.3 is 4.18 Å². The molecule has 0 fully saturated rings. The van der Waals surface area contributed by atoms with Gasteiger partial charge in [0.1, 0.15) is 5.75 Å². The second kappa shape index (κ2) is 4.68. The van der Waals surface area contributed by atoms with Crippen molar-refractivity contribution in [3.8, 4) is 5.75 Å². The Labute approximate surface area is 89.0 Å². The van der Waals surface area contributed by atoms with Crippen molar-refractivity contribution in [1.29, 1.82) is 0 Å². The average Bonchev–Trinajstić information content (AvgIpc) is 1.82. The van der Waals surface area contributed by atoms with Gasteiger partial charge in [-0.15, -0.1) is 0 Å². The van der Waals surface area contributed by atoms with Gasteiger partial charge in [-0.3, -0.25) is 4.55 Å². The van der Waals surface area contributed by atoms with E-state index in [2.05, 4.69) is 4.18 Å². The van der Waals surface area contributed by atoms with E-state index < -0.39 is 10.4 Å². The quantitative estimate of drug-likeness (QED) is 0.553. The van der Waals surface area contributed by atoms with Gasteiger partial charge in [0.2, 0.25) is 0 Å². The van der Waals surface area contributed by atoms with E-state index in [-0.39, 0.29) is 24.6 Å². The van der Waals surface area contributed by atoms with Crippen LogP contribution in [0.1, 0.15) is 5.56 Å². The SMILES string of the molecule is Cc1cccc(OS(=O)(=O)O)c1.[LiH]. The molecule has 13 heavy (non-hydrogen) atoms. The molecule has 1 aromatic rings. The summed E-state index contributed by atoms with van der Waals surface area (Å²) in [7, 11) is -4.39. The zero-order chi connectivity index (χ0) is 9.19. The number of aryl methyl sites for hydroxylation is 1. The van der Waals surface area contributed by atoms with Crippen LogP contribution in [0.5, 0.6) is 5.75 Å². The number of hydrogen-bond donors (Lipinski definition) is 1. The van der Waals surface area contributed by atoms with Gasteiger partial charge in [-0.1, -0.05) is 12.1 Å². The molecule has 0 aliphatic rings. The molecule has 0 amide bonds. The van der Waals surface area contributed by atoms with E-state index in [1.165, 1.54) is 12.1 Å². The molecule has 1 N–H and O–H groups in total. The van der Waals surface area contributed by atoms with Crippen LogP contribution >= 0.6 is 0 Å². The molecule has 0 atom stereocenters. The number of benzene rings is 1. The Kier molecular flexibility index (Phi) is 4.51. The molecule has 0 aliphatic heterocycles. The molecule has 6 heteroatoms. The maximum atomic E-state index is 10.2.